The summed E-state index contributed by atoms with van der Waals surface area (Å²) < 4.78 is 19.2. The van der Waals surface area contributed by atoms with Gasteiger partial charge in [0.2, 0.25) is 0 Å². The van der Waals surface area contributed by atoms with Crippen LogP contribution in [0, 0.1) is 10.1 Å². The Bertz CT molecular complexity index is 1910. The number of nitrogens with zero attached hydrogens (tertiary/aromatic N) is 3. The number of rotatable bonds is 10. The summed E-state index contributed by atoms with van der Waals surface area (Å²) in [4.78, 5) is 42.8. The third-order valence-electron chi connectivity index (χ3n) is 6.83. The Morgan fingerprint density at radius 3 is 2.45 bits per heavy atom. The van der Waals surface area contributed by atoms with E-state index in [1.165, 1.54) is 28.0 Å². The quantitative estimate of drug-likeness (QED) is 0.139. The van der Waals surface area contributed by atoms with E-state index in [4.69, 9.17) is 14.2 Å². The highest BCUT2D eigenvalue weighted by Gasteiger charge is 2.33. The second-order valence-corrected chi connectivity index (χ2v) is 11.3. The first-order valence-corrected chi connectivity index (χ1v) is 14.9. The van der Waals surface area contributed by atoms with Crippen LogP contribution in [0.3, 0.4) is 0 Å². The number of aromatic nitrogens is 1. The topological polar surface area (TPSA) is 122 Å². The van der Waals surface area contributed by atoms with Gasteiger partial charge in [-0.25, -0.2) is 9.79 Å². The lowest BCUT2D eigenvalue weighted by Gasteiger charge is -2.25. The van der Waals surface area contributed by atoms with Crippen molar-refractivity contribution in [1.29, 1.82) is 0 Å². The summed E-state index contributed by atoms with van der Waals surface area (Å²) >= 11 is 1.22. The lowest BCUT2D eigenvalue weighted by atomic mass is 9.96. The van der Waals surface area contributed by atoms with E-state index in [1.54, 1.807) is 38.1 Å². The average Bonchev–Trinajstić information content (AvgIpc) is 3.30. The van der Waals surface area contributed by atoms with Crippen LogP contribution < -0.4 is 24.4 Å². The van der Waals surface area contributed by atoms with Gasteiger partial charge in [-0.15, -0.1) is 0 Å². The number of hydrogen-bond acceptors (Lipinski definition) is 9. The molecule has 226 valence electrons. The van der Waals surface area contributed by atoms with Crippen LogP contribution in [0.4, 0.5) is 5.69 Å². The van der Waals surface area contributed by atoms with Crippen molar-refractivity contribution >= 4 is 29.1 Å². The molecule has 10 nitrogen and oxygen atoms in total. The molecule has 0 unspecified atom stereocenters. The molecule has 0 fully saturated rings. The maximum absolute atomic E-state index is 14.0. The summed E-state index contributed by atoms with van der Waals surface area (Å²) in [6.45, 7) is 7.73. The molecule has 4 aromatic rings. The van der Waals surface area contributed by atoms with Crippen molar-refractivity contribution in [2.24, 2.45) is 4.99 Å². The van der Waals surface area contributed by atoms with Crippen molar-refractivity contribution in [3.8, 4) is 11.5 Å². The molecular formula is C33H31N3O7S. The number of thiazole rings is 1. The Morgan fingerprint density at radius 1 is 1.09 bits per heavy atom. The summed E-state index contributed by atoms with van der Waals surface area (Å²) in [7, 11) is 0. The fourth-order valence-electron chi connectivity index (χ4n) is 4.86. The molecule has 0 aliphatic carbocycles. The zero-order chi connectivity index (χ0) is 31.4. The SMILES string of the molecule is CCOC(=O)C1=C(C)N=c2s/c(=C/c3ccccc3OCc3ccc([N+](=O)[O-])cc3)c(=O)n2[C@@H]1c1ccc(OC(C)C)cc1. The Hall–Kier alpha value is -5.03. The average molecular weight is 614 g/mol. The van der Waals surface area contributed by atoms with Gasteiger partial charge in [-0.05, 0) is 75.2 Å². The van der Waals surface area contributed by atoms with Crippen molar-refractivity contribution in [3.63, 3.8) is 0 Å². The molecule has 0 saturated carbocycles. The number of nitro benzene ring substituents is 1. The molecule has 44 heavy (non-hydrogen) atoms. The monoisotopic (exact) mass is 613 g/mol. The van der Waals surface area contributed by atoms with E-state index in [0.29, 0.717) is 37.7 Å². The zero-order valence-electron chi connectivity index (χ0n) is 24.7. The second kappa shape index (κ2) is 13.1. The summed E-state index contributed by atoms with van der Waals surface area (Å²) in [6.07, 6.45) is 1.74. The first kappa shape index (κ1) is 30.4. The third kappa shape index (κ3) is 6.47. The maximum Gasteiger partial charge on any atom is 0.338 e. The predicted molar refractivity (Wildman–Crippen MR) is 166 cm³/mol. The summed E-state index contributed by atoms with van der Waals surface area (Å²) in [5.41, 5.74) is 2.64. The molecule has 0 radical (unpaired) electrons. The molecule has 0 bridgehead atoms. The van der Waals surface area contributed by atoms with E-state index in [2.05, 4.69) is 4.99 Å². The van der Waals surface area contributed by atoms with E-state index in [-0.39, 0.29) is 30.6 Å². The smallest absolute Gasteiger partial charge is 0.338 e. The largest absolute Gasteiger partial charge is 0.491 e. The number of para-hydroxylation sites is 1. The van der Waals surface area contributed by atoms with Crippen molar-refractivity contribution in [2.75, 3.05) is 6.61 Å². The lowest BCUT2D eigenvalue weighted by Crippen LogP contribution is -2.39. The fraction of sp³-hybridized carbons (Fsp3) is 0.242. The van der Waals surface area contributed by atoms with Crippen LogP contribution >= 0.6 is 11.3 Å². The highest BCUT2D eigenvalue weighted by molar-refractivity contribution is 7.07. The first-order valence-electron chi connectivity index (χ1n) is 14.1. The second-order valence-electron chi connectivity index (χ2n) is 10.3. The molecule has 5 rings (SSSR count). The number of fused-ring (bicyclic) bond motifs is 1. The van der Waals surface area contributed by atoms with Crippen LogP contribution in [0.1, 0.15) is 50.4 Å². The summed E-state index contributed by atoms with van der Waals surface area (Å²) in [6, 6.07) is 20.0. The lowest BCUT2D eigenvalue weighted by molar-refractivity contribution is -0.384. The van der Waals surface area contributed by atoms with E-state index < -0.39 is 16.9 Å². The molecule has 0 spiro atoms. The van der Waals surface area contributed by atoms with Crippen LogP contribution in [-0.4, -0.2) is 28.2 Å². The highest BCUT2D eigenvalue weighted by Crippen LogP contribution is 2.32. The highest BCUT2D eigenvalue weighted by atomic mass is 32.1. The number of carbonyl (C=O) groups is 1. The molecule has 0 amide bonds. The summed E-state index contributed by atoms with van der Waals surface area (Å²) in [5, 5.41) is 11.0. The molecule has 1 aromatic heterocycles. The number of nitro groups is 1. The number of carbonyl (C=O) groups excluding carboxylic acids is 1. The Balaban J connectivity index is 1.54. The standard InChI is InChI=1S/C33H31N3O7S/c1-5-41-32(38)29-21(4)34-33-35(30(29)23-12-16-26(17-13-23)43-20(2)3)31(37)28(44-33)18-24-8-6-7-9-27(24)42-19-22-10-14-25(15-11-22)36(39)40/h6-18,20,30H,5,19H2,1-4H3/b28-18+/t30-/m1/s1. The molecule has 1 aliphatic heterocycles. The molecule has 3 aromatic carbocycles. The van der Waals surface area contributed by atoms with E-state index in [0.717, 1.165) is 11.1 Å². The molecule has 11 heteroatoms. The molecular weight excluding hydrogens is 582 g/mol. The number of hydrogen-bond donors (Lipinski definition) is 0. The Labute approximate surface area is 257 Å². The van der Waals surface area contributed by atoms with Gasteiger partial charge in [0.15, 0.2) is 4.80 Å². The number of allylic oxidation sites excluding steroid dienone is 1. The minimum absolute atomic E-state index is 0.00301. The molecule has 0 saturated heterocycles. The van der Waals surface area contributed by atoms with Gasteiger partial charge in [-0.2, -0.15) is 0 Å². The van der Waals surface area contributed by atoms with Crippen molar-refractivity contribution in [2.45, 2.75) is 46.4 Å². The number of non-ortho nitro benzene ring substituents is 1. The summed E-state index contributed by atoms with van der Waals surface area (Å²) in [5.74, 6) is 0.692. The van der Waals surface area contributed by atoms with Gasteiger partial charge >= 0.3 is 5.97 Å². The van der Waals surface area contributed by atoms with Crippen molar-refractivity contribution in [3.05, 3.63) is 131 Å². The molecule has 1 aliphatic rings. The van der Waals surface area contributed by atoms with Crippen LogP contribution in [0.15, 0.2) is 93.9 Å². The van der Waals surface area contributed by atoms with Crippen LogP contribution in [0.5, 0.6) is 11.5 Å². The van der Waals surface area contributed by atoms with Crippen LogP contribution in [-0.2, 0) is 16.1 Å². The Morgan fingerprint density at radius 2 is 1.80 bits per heavy atom. The number of benzene rings is 3. The molecule has 0 N–H and O–H groups in total. The first-order chi connectivity index (χ1) is 21.2. The minimum atomic E-state index is -0.741. The van der Waals surface area contributed by atoms with Crippen molar-refractivity contribution < 1.29 is 23.9 Å². The zero-order valence-corrected chi connectivity index (χ0v) is 25.5. The van der Waals surface area contributed by atoms with E-state index >= 15 is 0 Å². The molecule has 1 atom stereocenters. The van der Waals surface area contributed by atoms with Gasteiger partial charge in [0.05, 0.1) is 39.5 Å². The number of ether oxygens (including phenoxy) is 3. The minimum Gasteiger partial charge on any atom is -0.491 e. The van der Waals surface area contributed by atoms with Crippen molar-refractivity contribution in [1.82, 2.24) is 4.57 Å². The van der Waals surface area contributed by atoms with E-state index in [9.17, 15) is 19.7 Å². The molecule has 2 heterocycles. The van der Waals surface area contributed by atoms with Gasteiger partial charge in [-0.1, -0.05) is 41.7 Å². The van der Waals surface area contributed by atoms with E-state index in [1.807, 2.05) is 56.3 Å². The third-order valence-corrected chi connectivity index (χ3v) is 7.81. The fourth-order valence-corrected chi connectivity index (χ4v) is 5.89. The van der Waals surface area contributed by atoms with Crippen LogP contribution in [0.2, 0.25) is 0 Å². The van der Waals surface area contributed by atoms with Gasteiger partial charge < -0.3 is 14.2 Å². The van der Waals surface area contributed by atoms with Gasteiger partial charge in [-0.3, -0.25) is 19.5 Å². The number of esters is 1. The van der Waals surface area contributed by atoms with Gasteiger partial charge in [0, 0.05) is 17.7 Å². The maximum atomic E-state index is 14.0. The Kier molecular flexibility index (Phi) is 9.05. The predicted octanol–water partition coefficient (Wildman–Crippen LogP) is 5.07. The van der Waals surface area contributed by atoms with Crippen LogP contribution in [0.25, 0.3) is 6.08 Å². The normalized spacial score (nSPS) is 14.7. The van der Waals surface area contributed by atoms with Gasteiger partial charge in [0.1, 0.15) is 18.1 Å². The van der Waals surface area contributed by atoms with Gasteiger partial charge in [0.25, 0.3) is 11.2 Å².